The summed E-state index contributed by atoms with van der Waals surface area (Å²) in [6.07, 6.45) is 2.07. The maximum absolute atomic E-state index is 11.5. The third-order valence-corrected chi connectivity index (χ3v) is 2.86. The number of carbonyl (C=O) groups excluding carboxylic acids is 1. The Balaban J connectivity index is 2.16. The van der Waals surface area contributed by atoms with Gasteiger partial charge in [-0.15, -0.1) is 0 Å². The van der Waals surface area contributed by atoms with Gasteiger partial charge in [-0.25, -0.2) is 0 Å². The number of rotatable bonds is 6. The van der Waals surface area contributed by atoms with Crippen LogP contribution in [0.1, 0.15) is 33.6 Å². The standard InChI is InChI=1S/C15H22ClNO2/c1-15(2,3)9-4-10-17-14(18)11-19-13-7-5-12(16)6-8-13/h5-8H,4,9-11H2,1-3H3,(H,17,18). The molecule has 1 aromatic carbocycles. The highest BCUT2D eigenvalue weighted by Gasteiger charge is 2.09. The molecule has 0 atom stereocenters. The van der Waals surface area contributed by atoms with E-state index in [2.05, 4.69) is 26.1 Å². The van der Waals surface area contributed by atoms with E-state index in [4.69, 9.17) is 16.3 Å². The van der Waals surface area contributed by atoms with Gasteiger partial charge in [0.2, 0.25) is 0 Å². The summed E-state index contributed by atoms with van der Waals surface area (Å²) in [5.41, 5.74) is 0.310. The van der Waals surface area contributed by atoms with E-state index in [0.717, 1.165) is 12.8 Å². The summed E-state index contributed by atoms with van der Waals surface area (Å²) in [7, 11) is 0. The minimum Gasteiger partial charge on any atom is -0.484 e. The molecule has 0 fully saturated rings. The Morgan fingerprint density at radius 1 is 1.26 bits per heavy atom. The van der Waals surface area contributed by atoms with Gasteiger partial charge < -0.3 is 10.1 Å². The molecule has 106 valence electrons. The predicted octanol–water partition coefficient (Wildman–Crippen LogP) is 3.66. The Morgan fingerprint density at radius 3 is 2.47 bits per heavy atom. The molecular weight excluding hydrogens is 262 g/mol. The van der Waals surface area contributed by atoms with E-state index in [0.29, 0.717) is 22.7 Å². The van der Waals surface area contributed by atoms with Crippen LogP contribution in [0.2, 0.25) is 5.02 Å². The molecule has 19 heavy (non-hydrogen) atoms. The zero-order chi connectivity index (χ0) is 14.3. The molecule has 0 saturated carbocycles. The van der Waals surface area contributed by atoms with Crippen molar-refractivity contribution in [3.63, 3.8) is 0 Å². The first kappa shape index (κ1) is 15.8. The van der Waals surface area contributed by atoms with E-state index >= 15 is 0 Å². The summed E-state index contributed by atoms with van der Waals surface area (Å²) in [6, 6.07) is 6.96. The smallest absolute Gasteiger partial charge is 0.257 e. The number of hydrogen-bond acceptors (Lipinski definition) is 2. The van der Waals surface area contributed by atoms with Gasteiger partial charge in [0.05, 0.1) is 0 Å². The number of benzene rings is 1. The SMILES string of the molecule is CC(C)(C)CCCNC(=O)COc1ccc(Cl)cc1. The molecule has 1 rings (SSSR count). The van der Waals surface area contributed by atoms with Gasteiger partial charge in [-0.2, -0.15) is 0 Å². The number of amides is 1. The Bertz CT molecular complexity index is 396. The van der Waals surface area contributed by atoms with Crippen LogP contribution in [0.3, 0.4) is 0 Å². The quantitative estimate of drug-likeness (QED) is 0.809. The number of ether oxygens (including phenoxy) is 1. The lowest BCUT2D eigenvalue weighted by atomic mass is 9.91. The molecule has 0 saturated heterocycles. The van der Waals surface area contributed by atoms with Crippen LogP contribution >= 0.6 is 11.6 Å². The second-order valence-corrected chi connectivity index (χ2v) is 6.19. The van der Waals surface area contributed by atoms with Crippen LogP contribution in [-0.2, 0) is 4.79 Å². The molecule has 0 aliphatic carbocycles. The maximum Gasteiger partial charge on any atom is 0.257 e. The molecular formula is C15H22ClNO2. The second kappa shape index (κ2) is 7.39. The van der Waals surface area contributed by atoms with Crippen LogP contribution in [0.4, 0.5) is 0 Å². The van der Waals surface area contributed by atoms with Crippen LogP contribution in [0.25, 0.3) is 0 Å². The van der Waals surface area contributed by atoms with Gasteiger partial charge in [0, 0.05) is 11.6 Å². The fraction of sp³-hybridized carbons (Fsp3) is 0.533. The molecule has 0 aromatic heterocycles. The van der Waals surface area contributed by atoms with E-state index in [9.17, 15) is 4.79 Å². The topological polar surface area (TPSA) is 38.3 Å². The van der Waals surface area contributed by atoms with E-state index < -0.39 is 0 Å². The molecule has 0 aliphatic rings. The van der Waals surface area contributed by atoms with Crippen molar-refractivity contribution < 1.29 is 9.53 Å². The molecule has 0 bridgehead atoms. The van der Waals surface area contributed by atoms with Gasteiger partial charge in [0.1, 0.15) is 5.75 Å². The van der Waals surface area contributed by atoms with Gasteiger partial charge >= 0.3 is 0 Å². The predicted molar refractivity (Wildman–Crippen MR) is 78.6 cm³/mol. The van der Waals surface area contributed by atoms with Crippen molar-refractivity contribution in [2.24, 2.45) is 5.41 Å². The summed E-state index contributed by atoms with van der Waals surface area (Å²) in [6.45, 7) is 7.31. The molecule has 1 N–H and O–H groups in total. The van der Waals surface area contributed by atoms with Crippen molar-refractivity contribution in [3.8, 4) is 5.75 Å². The van der Waals surface area contributed by atoms with Crippen molar-refractivity contribution in [1.82, 2.24) is 5.32 Å². The third-order valence-electron chi connectivity index (χ3n) is 2.61. The lowest BCUT2D eigenvalue weighted by Gasteiger charge is -2.17. The number of nitrogens with one attached hydrogen (secondary N) is 1. The van der Waals surface area contributed by atoms with Crippen molar-refractivity contribution in [3.05, 3.63) is 29.3 Å². The average molecular weight is 284 g/mol. The second-order valence-electron chi connectivity index (χ2n) is 5.76. The zero-order valence-corrected chi connectivity index (χ0v) is 12.6. The zero-order valence-electron chi connectivity index (χ0n) is 11.8. The van der Waals surface area contributed by atoms with E-state index in [1.165, 1.54) is 0 Å². The average Bonchev–Trinajstić information content (AvgIpc) is 2.33. The maximum atomic E-state index is 11.5. The van der Waals surface area contributed by atoms with Gasteiger partial charge in [-0.3, -0.25) is 4.79 Å². The minimum absolute atomic E-state index is 0.0388. The van der Waals surface area contributed by atoms with Crippen LogP contribution in [0.15, 0.2) is 24.3 Å². The van der Waals surface area contributed by atoms with Crippen LogP contribution in [-0.4, -0.2) is 19.1 Å². The van der Waals surface area contributed by atoms with E-state index in [1.807, 2.05) is 0 Å². The Kier molecular flexibility index (Phi) is 6.16. The highest BCUT2D eigenvalue weighted by atomic mass is 35.5. The molecule has 0 unspecified atom stereocenters. The summed E-state index contributed by atoms with van der Waals surface area (Å²) < 4.78 is 5.35. The molecule has 1 amide bonds. The molecule has 0 heterocycles. The lowest BCUT2D eigenvalue weighted by Crippen LogP contribution is -2.30. The molecule has 4 heteroatoms. The van der Waals surface area contributed by atoms with E-state index in [-0.39, 0.29) is 12.5 Å². The molecule has 0 aliphatic heterocycles. The highest BCUT2D eigenvalue weighted by molar-refractivity contribution is 6.30. The molecule has 1 aromatic rings. The highest BCUT2D eigenvalue weighted by Crippen LogP contribution is 2.19. The fourth-order valence-electron chi connectivity index (χ4n) is 1.58. The largest absolute Gasteiger partial charge is 0.484 e. The van der Waals surface area contributed by atoms with Crippen molar-refractivity contribution in [1.29, 1.82) is 0 Å². The molecule has 3 nitrogen and oxygen atoms in total. The number of carbonyl (C=O) groups is 1. The van der Waals surface area contributed by atoms with Gasteiger partial charge in [-0.05, 0) is 42.5 Å². The van der Waals surface area contributed by atoms with Crippen LogP contribution < -0.4 is 10.1 Å². The third kappa shape index (κ3) is 7.73. The summed E-state index contributed by atoms with van der Waals surface area (Å²) in [5.74, 6) is 0.554. The summed E-state index contributed by atoms with van der Waals surface area (Å²) >= 11 is 5.76. The Labute approximate surface area is 120 Å². The summed E-state index contributed by atoms with van der Waals surface area (Å²) in [5, 5.41) is 3.50. The van der Waals surface area contributed by atoms with Crippen molar-refractivity contribution in [2.45, 2.75) is 33.6 Å². The van der Waals surface area contributed by atoms with Crippen molar-refractivity contribution >= 4 is 17.5 Å². The molecule has 0 spiro atoms. The fourth-order valence-corrected chi connectivity index (χ4v) is 1.70. The van der Waals surface area contributed by atoms with Gasteiger partial charge in [0.25, 0.3) is 5.91 Å². The Hall–Kier alpha value is -1.22. The monoisotopic (exact) mass is 283 g/mol. The Morgan fingerprint density at radius 2 is 1.89 bits per heavy atom. The first-order valence-corrected chi connectivity index (χ1v) is 6.90. The van der Waals surface area contributed by atoms with Crippen LogP contribution in [0.5, 0.6) is 5.75 Å². The van der Waals surface area contributed by atoms with Gasteiger partial charge in [0.15, 0.2) is 6.61 Å². The number of hydrogen-bond donors (Lipinski definition) is 1. The first-order chi connectivity index (χ1) is 8.87. The van der Waals surface area contributed by atoms with Crippen LogP contribution in [0, 0.1) is 5.41 Å². The first-order valence-electron chi connectivity index (χ1n) is 6.52. The van der Waals surface area contributed by atoms with E-state index in [1.54, 1.807) is 24.3 Å². The van der Waals surface area contributed by atoms with Gasteiger partial charge in [-0.1, -0.05) is 32.4 Å². The lowest BCUT2D eigenvalue weighted by molar-refractivity contribution is -0.123. The summed E-state index contributed by atoms with van der Waals surface area (Å²) in [4.78, 5) is 11.5. The normalized spacial score (nSPS) is 11.2. The molecule has 0 radical (unpaired) electrons. The number of halogens is 1. The van der Waals surface area contributed by atoms with Crippen molar-refractivity contribution in [2.75, 3.05) is 13.2 Å². The minimum atomic E-state index is -0.0936.